The van der Waals surface area contributed by atoms with Crippen LogP contribution in [-0.2, 0) is 21.4 Å². The zero-order valence-corrected chi connectivity index (χ0v) is 24.0. The maximum atomic E-state index is 14.7. The highest BCUT2D eigenvalue weighted by atomic mass is 32.2. The van der Waals surface area contributed by atoms with Crippen LogP contribution in [0.3, 0.4) is 0 Å². The van der Waals surface area contributed by atoms with E-state index in [9.17, 15) is 41.1 Å². The Labute approximate surface area is 246 Å². The summed E-state index contributed by atoms with van der Waals surface area (Å²) in [6.07, 6.45) is 7.25. The van der Waals surface area contributed by atoms with E-state index < -0.39 is 61.4 Å². The van der Waals surface area contributed by atoms with E-state index in [0.717, 1.165) is 49.1 Å². The van der Waals surface area contributed by atoms with Crippen molar-refractivity contribution in [2.45, 2.75) is 68.8 Å². The highest BCUT2D eigenvalue weighted by Gasteiger charge is 2.47. The first kappa shape index (κ1) is 30.4. The number of aromatic nitrogens is 1. The van der Waals surface area contributed by atoms with E-state index in [0.29, 0.717) is 15.9 Å². The van der Waals surface area contributed by atoms with Crippen LogP contribution in [-0.4, -0.2) is 41.3 Å². The molecule has 0 bridgehead atoms. The van der Waals surface area contributed by atoms with Gasteiger partial charge in [-0.1, -0.05) is 25.3 Å². The van der Waals surface area contributed by atoms with Crippen LogP contribution >= 0.6 is 0 Å². The lowest BCUT2D eigenvalue weighted by Gasteiger charge is -2.41. The summed E-state index contributed by atoms with van der Waals surface area (Å²) in [7, 11) is -5.20. The van der Waals surface area contributed by atoms with E-state index in [1.165, 1.54) is 18.6 Å². The standard InChI is InChI=1S/C30H28F4N4O4S/c1-17-25(31)27(33)29(28(34)26(17)32)43(41,42)38-12-11-23(38)30(40)37(22-10-8-19(14-35)24(39)13-22)16-21-9-7-20(15-36-21)18-5-3-2-4-6-18/h7-10,13,15,18,23,39H,2-6,11-12,16H2,1H3/t23-/m1/s1. The average Bonchev–Trinajstić information content (AvgIpc) is 2.97. The van der Waals surface area contributed by atoms with Crippen LogP contribution in [0.5, 0.6) is 5.75 Å². The topological polar surface area (TPSA) is 115 Å². The Morgan fingerprint density at radius 2 is 1.72 bits per heavy atom. The first-order chi connectivity index (χ1) is 20.4. The number of pyridine rings is 1. The summed E-state index contributed by atoms with van der Waals surface area (Å²) in [5.41, 5.74) is 0.529. The number of anilines is 1. The van der Waals surface area contributed by atoms with Crippen molar-refractivity contribution in [3.63, 3.8) is 0 Å². The zero-order chi connectivity index (χ0) is 31.1. The Hall–Kier alpha value is -4.02. The molecule has 226 valence electrons. The van der Waals surface area contributed by atoms with Crippen molar-refractivity contribution < 1.29 is 35.9 Å². The SMILES string of the molecule is Cc1c(F)c(F)c(S(=O)(=O)N2CC[C@@H]2C(=O)N(Cc2ccc(C3CCCCC3)cn2)c2ccc(C#N)c(O)c2)c(F)c1F. The molecule has 2 aliphatic rings. The lowest BCUT2D eigenvalue weighted by Crippen LogP contribution is -2.59. The van der Waals surface area contributed by atoms with Crippen molar-refractivity contribution in [2.75, 3.05) is 11.4 Å². The summed E-state index contributed by atoms with van der Waals surface area (Å²) in [4.78, 5) is 17.7. The summed E-state index contributed by atoms with van der Waals surface area (Å²) in [5.74, 6) is -8.72. The molecule has 2 heterocycles. The normalized spacial score (nSPS) is 17.7. The van der Waals surface area contributed by atoms with Gasteiger partial charge in [0.05, 0.1) is 17.8 Å². The van der Waals surface area contributed by atoms with Crippen LogP contribution in [0.4, 0.5) is 23.2 Å². The second-order valence-electron chi connectivity index (χ2n) is 10.8. The lowest BCUT2D eigenvalue weighted by molar-refractivity contribution is -0.125. The molecule has 2 aromatic carbocycles. The van der Waals surface area contributed by atoms with Gasteiger partial charge in [-0.15, -0.1) is 0 Å². The predicted molar refractivity (Wildman–Crippen MR) is 147 cm³/mol. The van der Waals surface area contributed by atoms with Gasteiger partial charge in [-0.2, -0.15) is 9.57 Å². The number of hydrogen-bond donors (Lipinski definition) is 1. The molecule has 1 aliphatic carbocycles. The van der Waals surface area contributed by atoms with Gasteiger partial charge >= 0.3 is 0 Å². The van der Waals surface area contributed by atoms with E-state index in [1.807, 2.05) is 6.07 Å². The Bertz CT molecular complexity index is 1690. The summed E-state index contributed by atoms with van der Waals surface area (Å²) in [6, 6.07) is 7.82. The Kier molecular flexibility index (Phi) is 8.45. The predicted octanol–water partition coefficient (Wildman–Crippen LogP) is 5.57. The second kappa shape index (κ2) is 11.9. The van der Waals surface area contributed by atoms with E-state index >= 15 is 0 Å². The Balaban J connectivity index is 1.48. The minimum Gasteiger partial charge on any atom is -0.506 e. The molecule has 5 rings (SSSR count). The van der Waals surface area contributed by atoms with E-state index in [4.69, 9.17) is 0 Å². The number of carbonyl (C=O) groups excluding carboxylic acids is 1. The molecule has 1 aromatic heterocycles. The van der Waals surface area contributed by atoms with Gasteiger partial charge in [-0.25, -0.2) is 26.0 Å². The third-order valence-electron chi connectivity index (χ3n) is 8.19. The molecule has 8 nitrogen and oxygen atoms in total. The first-order valence-corrected chi connectivity index (χ1v) is 15.2. The van der Waals surface area contributed by atoms with Crippen LogP contribution in [0.15, 0.2) is 41.4 Å². The molecule has 1 saturated heterocycles. The number of carbonyl (C=O) groups is 1. The summed E-state index contributed by atoms with van der Waals surface area (Å²) in [5, 5.41) is 19.5. The largest absolute Gasteiger partial charge is 0.506 e. The number of amides is 1. The quantitative estimate of drug-likeness (QED) is 0.274. The molecular weight excluding hydrogens is 588 g/mol. The van der Waals surface area contributed by atoms with Crippen LogP contribution in [0.2, 0.25) is 0 Å². The summed E-state index contributed by atoms with van der Waals surface area (Å²) in [6.45, 7) is 0.259. The number of phenols is 1. The third-order valence-corrected chi connectivity index (χ3v) is 10.1. The monoisotopic (exact) mass is 616 g/mol. The van der Waals surface area contributed by atoms with Crippen LogP contribution < -0.4 is 4.90 Å². The lowest BCUT2D eigenvalue weighted by atomic mass is 9.85. The fourth-order valence-electron chi connectivity index (χ4n) is 5.59. The van der Waals surface area contributed by atoms with Crippen LogP contribution in [0.25, 0.3) is 0 Å². The van der Waals surface area contributed by atoms with Gasteiger partial charge in [0, 0.05) is 30.1 Å². The fourth-order valence-corrected chi connectivity index (χ4v) is 7.33. The molecule has 1 aliphatic heterocycles. The molecular formula is C30H28F4N4O4S. The molecule has 1 saturated carbocycles. The number of benzene rings is 2. The van der Waals surface area contributed by atoms with Crippen LogP contribution in [0.1, 0.15) is 66.8 Å². The number of hydrogen-bond acceptors (Lipinski definition) is 6. The van der Waals surface area contributed by atoms with Gasteiger partial charge < -0.3 is 10.0 Å². The van der Waals surface area contributed by atoms with Gasteiger partial charge in [-0.05, 0) is 55.9 Å². The Morgan fingerprint density at radius 1 is 1.05 bits per heavy atom. The molecule has 0 radical (unpaired) electrons. The van der Waals surface area contributed by atoms with Gasteiger partial charge in [0.2, 0.25) is 15.9 Å². The smallest absolute Gasteiger partial charge is 0.249 e. The number of nitriles is 1. The van der Waals surface area contributed by atoms with Gasteiger partial charge in [0.1, 0.15) is 17.9 Å². The van der Waals surface area contributed by atoms with E-state index in [-0.39, 0.29) is 30.8 Å². The second-order valence-corrected chi connectivity index (χ2v) is 12.6. The zero-order valence-electron chi connectivity index (χ0n) is 23.2. The van der Waals surface area contributed by atoms with Crippen molar-refractivity contribution in [1.82, 2.24) is 9.29 Å². The van der Waals surface area contributed by atoms with Crippen molar-refractivity contribution in [2.24, 2.45) is 0 Å². The average molecular weight is 617 g/mol. The Morgan fingerprint density at radius 3 is 2.26 bits per heavy atom. The molecule has 43 heavy (non-hydrogen) atoms. The van der Waals surface area contributed by atoms with Gasteiger partial charge in [0.15, 0.2) is 28.2 Å². The van der Waals surface area contributed by atoms with Gasteiger partial charge in [-0.3, -0.25) is 9.78 Å². The number of sulfonamides is 1. The molecule has 0 unspecified atom stereocenters. The van der Waals surface area contributed by atoms with Gasteiger partial charge in [0.25, 0.3) is 0 Å². The number of nitrogens with zero attached hydrogens (tertiary/aromatic N) is 4. The van der Waals surface area contributed by atoms with Crippen molar-refractivity contribution >= 4 is 21.6 Å². The number of aromatic hydroxyl groups is 1. The first-order valence-electron chi connectivity index (χ1n) is 13.8. The van der Waals surface area contributed by atoms with Crippen molar-refractivity contribution in [3.8, 4) is 11.8 Å². The van der Waals surface area contributed by atoms with E-state index in [2.05, 4.69) is 4.98 Å². The minimum absolute atomic E-state index is 0.0507. The minimum atomic E-state index is -5.20. The molecule has 3 aromatic rings. The maximum Gasteiger partial charge on any atom is 0.249 e. The molecule has 13 heteroatoms. The van der Waals surface area contributed by atoms with Crippen LogP contribution in [0, 0.1) is 41.5 Å². The summed E-state index contributed by atoms with van der Waals surface area (Å²) < 4.78 is 84.9. The van der Waals surface area contributed by atoms with Crippen molar-refractivity contribution in [3.05, 3.63) is 82.2 Å². The molecule has 1 amide bonds. The maximum absolute atomic E-state index is 14.7. The molecule has 1 atom stereocenters. The van der Waals surface area contributed by atoms with Crippen molar-refractivity contribution in [1.29, 1.82) is 5.26 Å². The van der Waals surface area contributed by atoms with E-state index in [1.54, 1.807) is 18.3 Å². The highest BCUT2D eigenvalue weighted by molar-refractivity contribution is 7.89. The molecule has 1 N–H and O–H groups in total. The summed E-state index contributed by atoms with van der Waals surface area (Å²) >= 11 is 0. The number of halogens is 4. The third kappa shape index (κ3) is 5.57. The molecule has 0 spiro atoms. The molecule has 2 fully saturated rings. The number of phenolic OH excluding ortho intramolecular Hbond substituents is 1. The fraction of sp³-hybridized carbons (Fsp3) is 0.367. The number of rotatable bonds is 7. The highest BCUT2D eigenvalue weighted by Crippen LogP contribution is 2.36.